The lowest BCUT2D eigenvalue weighted by atomic mass is 9.74. The molecule has 2 aliphatic heterocycles. The van der Waals surface area contributed by atoms with Crippen molar-refractivity contribution in [2.75, 3.05) is 13.2 Å². The van der Waals surface area contributed by atoms with Crippen LogP contribution in [0, 0.1) is 5.82 Å². The quantitative estimate of drug-likeness (QED) is 0.532. The minimum absolute atomic E-state index is 0.0374. The minimum Gasteiger partial charge on any atom is -0.422 e. The number of hydrogen-bond donors (Lipinski definition) is 1. The topological polar surface area (TPSA) is 106 Å². The molecule has 2 atom stereocenters. The fraction of sp³-hybridized carbons (Fsp3) is 0.462. The van der Waals surface area contributed by atoms with Crippen LogP contribution in [0.15, 0.2) is 52.9 Å². The Morgan fingerprint density at radius 3 is 2.53 bits per heavy atom. The predicted octanol–water partition coefficient (Wildman–Crippen LogP) is 3.85. The molecule has 10 heteroatoms. The average Bonchev–Trinajstić information content (AvgIpc) is 3.38. The van der Waals surface area contributed by atoms with Crippen molar-refractivity contribution < 1.29 is 27.1 Å². The Labute approximate surface area is 210 Å². The van der Waals surface area contributed by atoms with Crippen molar-refractivity contribution in [1.29, 1.82) is 0 Å². The highest BCUT2D eigenvalue weighted by molar-refractivity contribution is 7.89. The molecule has 0 unspecified atom stereocenters. The molecule has 2 aliphatic rings. The highest BCUT2D eigenvalue weighted by atomic mass is 32.2. The summed E-state index contributed by atoms with van der Waals surface area (Å²) >= 11 is 0. The van der Waals surface area contributed by atoms with Crippen LogP contribution in [0.1, 0.15) is 66.3 Å². The van der Waals surface area contributed by atoms with E-state index in [0.29, 0.717) is 55.9 Å². The molecule has 0 spiro atoms. The molecular weight excluding hydrogens is 485 g/mol. The number of rotatable bonds is 6. The van der Waals surface area contributed by atoms with E-state index in [9.17, 15) is 13.5 Å². The summed E-state index contributed by atoms with van der Waals surface area (Å²) in [5.41, 5.74) is 0.998. The first-order valence-corrected chi connectivity index (χ1v) is 13.7. The van der Waals surface area contributed by atoms with Gasteiger partial charge in [-0.15, -0.1) is 10.2 Å². The van der Waals surface area contributed by atoms with Gasteiger partial charge in [-0.05, 0) is 49.8 Å². The molecule has 2 saturated heterocycles. The monoisotopic (exact) mass is 515 g/mol. The van der Waals surface area contributed by atoms with E-state index in [-0.39, 0.29) is 25.1 Å². The van der Waals surface area contributed by atoms with Gasteiger partial charge in [0.1, 0.15) is 17.7 Å². The number of hydrogen-bond acceptors (Lipinski definition) is 7. The van der Waals surface area contributed by atoms with E-state index in [4.69, 9.17) is 9.15 Å². The van der Waals surface area contributed by atoms with Gasteiger partial charge in [0, 0.05) is 31.4 Å². The lowest BCUT2D eigenvalue weighted by Gasteiger charge is -2.38. The molecule has 2 aromatic carbocycles. The minimum atomic E-state index is -3.67. The van der Waals surface area contributed by atoms with E-state index in [2.05, 4.69) is 10.2 Å². The molecular formula is C26H30FN3O5S. The number of benzene rings is 2. The second-order valence-electron chi connectivity index (χ2n) is 9.58. The number of nitrogens with zero attached hydrogens (tertiary/aromatic N) is 3. The van der Waals surface area contributed by atoms with Crippen molar-refractivity contribution >= 4 is 10.0 Å². The van der Waals surface area contributed by atoms with Gasteiger partial charge in [-0.2, -0.15) is 4.31 Å². The molecule has 0 bridgehead atoms. The molecule has 3 aromatic rings. The van der Waals surface area contributed by atoms with Gasteiger partial charge in [0.15, 0.2) is 0 Å². The number of halogens is 1. The third-order valence-electron chi connectivity index (χ3n) is 7.49. The molecule has 2 fully saturated rings. The second kappa shape index (κ2) is 10.0. The van der Waals surface area contributed by atoms with E-state index >= 15 is 4.39 Å². The zero-order chi connectivity index (χ0) is 25.3. The molecule has 8 nitrogen and oxygen atoms in total. The standard InChI is InChI=1S/C26H30FN3O5S/c1-18-7-10-23(19-5-3-2-4-6-19)36(32,33)30(18)16-20-8-9-21(15-22(20)27)26(11-13-34-14-12-26)25-29-28-24(17-31)35-25/h2-6,8-9,15,18,23,31H,7,10-14,16-17H2,1H3/t18-,23+/m0/s1. The molecule has 1 N–H and O–H groups in total. The van der Waals surface area contributed by atoms with E-state index in [1.807, 2.05) is 43.3 Å². The van der Waals surface area contributed by atoms with Gasteiger partial charge in [-0.1, -0.05) is 42.5 Å². The number of aromatic nitrogens is 2. The zero-order valence-electron chi connectivity index (χ0n) is 20.1. The maximum Gasteiger partial charge on any atom is 0.241 e. The van der Waals surface area contributed by atoms with Gasteiger partial charge < -0.3 is 14.3 Å². The SMILES string of the molecule is C[C@H]1CC[C@H](c2ccccc2)S(=O)(=O)N1Cc1ccc(C2(c3nnc(CO)o3)CCOCC2)cc1F. The molecule has 0 amide bonds. The molecule has 5 rings (SSSR count). The van der Waals surface area contributed by atoms with E-state index in [1.165, 1.54) is 10.4 Å². The molecule has 36 heavy (non-hydrogen) atoms. The van der Waals surface area contributed by atoms with Crippen LogP contribution in [0.3, 0.4) is 0 Å². The largest absolute Gasteiger partial charge is 0.422 e. The van der Waals surface area contributed by atoms with Gasteiger partial charge in [0.25, 0.3) is 0 Å². The number of aliphatic hydroxyl groups excluding tert-OH is 1. The summed E-state index contributed by atoms with van der Waals surface area (Å²) in [6.45, 7) is 2.36. The highest BCUT2D eigenvalue weighted by Gasteiger charge is 2.43. The number of aliphatic hydroxyl groups is 1. The summed E-state index contributed by atoms with van der Waals surface area (Å²) in [5.74, 6) is -0.0605. The summed E-state index contributed by atoms with van der Waals surface area (Å²) in [6, 6.07) is 13.9. The Bertz CT molecular complexity index is 1310. The lowest BCUT2D eigenvalue weighted by molar-refractivity contribution is 0.0534. The third-order valence-corrected chi connectivity index (χ3v) is 9.86. The van der Waals surface area contributed by atoms with Crippen LogP contribution in [0.4, 0.5) is 4.39 Å². The highest BCUT2D eigenvalue weighted by Crippen LogP contribution is 2.42. The van der Waals surface area contributed by atoms with Crippen molar-refractivity contribution in [2.45, 2.75) is 62.5 Å². The molecule has 3 heterocycles. The average molecular weight is 516 g/mol. The predicted molar refractivity (Wildman–Crippen MR) is 130 cm³/mol. The van der Waals surface area contributed by atoms with Gasteiger partial charge in [0.05, 0.1) is 5.41 Å². The summed E-state index contributed by atoms with van der Waals surface area (Å²) in [4.78, 5) is 0. The van der Waals surface area contributed by atoms with Crippen LogP contribution >= 0.6 is 0 Å². The molecule has 1 aromatic heterocycles. The van der Waals surface area contributed by atoms with Crippen LogP contribution < -0.4 is 0 Å². The maximum absolute atomic E-state index is 15.6. The van der Waals surface area contributed by atoms with Crippen molar-refractivity contribution in [3.05, 3.63) is 82.8 Å². The molecule has 0 saturated carbocycles. The van der Waals surface area contributed by atoms with Gasteiger partial charge in [-0.3, -0.25) is 0 Å². The van der Waals surface area contributed by atoms with Crippen LogP contribution in [-0.2, 0) is 33.3 Å². The summed E-state index contributed by atoms with van der Waals surface area (Å²) in [5, 5.41) is 16.7. The third kappa shape index (κ3) is 4.47. The van der Waals surface area contributed by atoms with E-state index in [0.717, 1.165) is 5.56 Å². The van der Waals surface area contributed by atoms with Crippen molar-refractivity contribution in [1.82, 2.24) is 14.5 Å². The van der Waals surface area contributed by atoms with Crippen molar-refractivity contribution in [3.63, 3.8) is 0 Å². The van der Waals surface area contributed by atoms with Crippen molar-refractivity contribution in [3.8, 4) is 0 Å². The van der Waals surface area contributed by atoms with E-state index < -0.39 is 26.5 Å². The second-order valence-corrected chi connectivity index (χ2v) is 11.6. The van der Waals surface area contributed by atoms with Crippen molar-refractivity contribution in [2.24, 2.45) is 0 Å². The molecule has 192 valence electrons. The molecule has 0 aliphatic carbocycles. The first-order valence-electron chi connectivity index (χ1n) is 12.2. The van der Waals surface area contributed by atoms with Crippen LogP contribution in [0.5, 0.6) is 0 Å². The van der Waals surface area contributed by atoms with Gasteiger partial charge in [0.2, 0.25) is 21.8 Å². The Hall–Kier alpha value is -2.66. The van der Waals surface area contributed by atoms with Crippen LogP contribution in [-0.4, -0.2) is 47.3 Å². The molecule has 0 radical (unpaired) electrons. The number of ether oxygens (including phenoxy) is 1. The Morgan fingerprint density at radius 2 is 1.86 bits per heavy atom. The first-order chi connectivity index (χ1) is 17.3. The fourth-order valence-corrected chi connectivity index (χ4v) is 7.54. The zero-order valence-corrected chi connectivity index (χ0v) is 21.0. The normalized spacial score (nSPS) is 24.0. The smallest absolute Gasteiger partial charge is 0.241 e. The van der Waals surface area contributed by atoms with Gasteiger partial charge >= 0.3 is 0 Å². The summed E-state index contributed by atoms with van der Waals surface area (Å²) < 4.78 is 55.3. The lowest BCUT2D eigenvalue weighted by Crippen LogP contribution is -2.44. The fourth-order valence-electron chi connectivity index (χ4n) is 5.35. The van der Waals surface area contributed by atoms with E-state index in [1.54, 1.807) is 6.07 Å². The Balaban J connectivity index is 1.45. The number of sulfonamides is 1. The van der Waals surface area contributed by atoms with Crippen LogP contribution in [0.2, 0.25) is 0 Å². The Kier molecular flexibility index (Phi) is 6.95. The summed E-state index contributed by atoms with van der Waals surface area (Å²) in [7, 11) is -3.67. The maximum atomic E-state index is 15.6. The summed E-state index contributed by atoms with van der Waals surface area (Å²) in [6.07, 6.45) is 2.28. The Morgan fingerprint density at radius 1 is 1.11 bits per heavy atom. The van der Waals surface area contributed by atoms with Crippen LogP contribution in [0.25, 0.3) is 0 Å². The van der Waals surface area contributed by atoms with Gasteiger partial charge in [-0.25, -0.2) is 12.8 Å². The first kappa shape index (κ1) is 25.0.